The Balaban J connectivity index is 0. The van der Waals surface area contributed by atoms with Crippen molar-refractivity contribution < 1.29 is 64.5 Å². The summed E-state index contributed by atoms with van der Waals surface area (Å²) in [6.45, 7) is 0. The zero-order valence-electron chi connectivity index (χ0n) is 3.59. The van der Waals surface area contributed by atoms with Crippen LogP contribution >= 0.6 is 22.6 Å². The van der Waals surface area contributed by atoms with E-state index in [1.807, 2.05) is 0 Å². The third-order valence-corrected chi connectivity index (χ3v) is 0.359. The smallest absolute Gasteiger partial charge is 0.591 e. The second-order valence-electron chi connectivity index (χ2n) is 0.651. The zero-order valence-corrected chi connectivity index (χ0v) is 8.87. The van der Waals surface area contributed by atoms with Crippen molar-refractivity contribution in [2.45, 2.75) is 3.83 Å². The van der Waals surface area contributed by atoms with E-state index in [-0.39, 0.29) is 51.4 Å². The van der Waals surface area contributed by atoms with Gasteiger partial charge in [0.25, 0.3) is 0 Å². The maximum Gasteiger partial charge on any atom is 1.00 e. The van der Waals surface area contributed by atoms with E-state index >= 15 is 0 Å². The molecule has 2 radical (unpaired) electrons. The van der Waals surface area contributed by atoms with E-state index in [1.54, 1.807) is 0 Å². The summed E-state index contributed by atoms with van der Waals surface area (Å²) >= 11 is 0.677. The van der Waals surface area contributed by atoms with Gasteiger partial charge in [0.2, 0.25) is 0 Å². The average molecular weight is 246 g/mol. The van der Waals surface area contributed by atoms with Gasteiger partial charge in [-0.1, -0.05) is 22.6 Å². The first-order chi connectivity index (χ1) is 2.56. The van der Waals surface area contributed by atoms with E-state index in [2.05, 4.69) is 0 Å². The fourth-order valence-corrected chi connectivity index (χ4v) is 0. The molecule has 0 aromatic rings. The monoisotopic (exact) mass is 246 g/mol. The largest absolute Gasteiger partial charge is 1.00 e. The van der Waals surface area contributed by atoms with Crippen molar-refractivity contribution in [3.8, 4) is 0 Å². The first-order valence-electron chi connectivity index (χ1n) is 1.07. The summed E-state index contributed by atoms with van der Waals surface area (Å²) in [4.78, 5) is 0. The van der Waals surface area contributed by atoms with Crippen LogP contribution in [0.4, 0.5) is 13.1 Å². The SMILES string of the molecule is F[B-]C(F)(F)I.[K+]. The van der Waals surface area contributed by atoms with Gasteiger partial charge in [-0.3, -0.25) is 0 Å². The molecule has 0 heterocycles. The molecule has 0 saturated heterocycles. The summed E-state index contributed by atoms with van der Waals surface area (Å²) in [5.74, 6) is 0. The van der Waals surface area contributed by atoms with Gasteiger partial charge in [-0.05, 0) is 7.56 Å². The predicted octanol–water partition coefficient (Wildman–Crippen LogP) is -1.44. The molecule has 0 bridgehead atoms. The molecule has 36 valence electrons. The molecule has 0 fully saturated rings. The minimum Gasteiger partial charge on any atom is -0.591 e. The van der Waals surface area contributed by atoms with Gasteiger partial charge in [0.05, 0.1) is 0 Å². The van der Waals surface area contributed by atoms with Crippen molar-refractivity contribution in [2.24, 2.45) is 0 Å². The van der Waals surface area contributed by atoms with Crippen LogP contribution < -0.4 is 51.4 Å². The molecule has 0 amide bonds. The van der Waals surface area contributed by atoms with E-state index in [4.69, 9.17) is 0 Å². The molecule has 0 nitrogen and oxygen atoms in total. The number of rotatable bonds is 1. The van der Waals surface area contributed by atoms with Gasteiger partial charge in [-0.25, -0.2) is 8.78 Å². The van der Waals surface area contributed by atoms with Crippen LogP contribution in [-0.2, 0) is 0 Å². The average Bonchev–Trinajstić information content (AvgIpc) is 1.35. The maximum absolute atomic E-state index is 11.0. The summed E-state index contributed by atoms with van der Waals surface area (Å²) in [6, 6.07) is 0. The number of alkyl halides is 3. The molecule has 0 aliphatic carbocycles. The van der Waals surface area contributed by atoms with Crippen molar-refractivity contribution in [1.29, 1.82) is 0 Å². The predicted molar refractivity (Wildman–Crippen MR) is 25.8 cm³/mol. The molecule has 7 heavy (non-hydrogen) atoms. The van der Waals surface area contributed by atoms with Crippen LogP contribution in [0, 0.1) is 0 Å². The van der Waals surface area contributed by atoms with Crippen molar-refractivity contribution >= 4 is 30.1 Å². The molecule has 0 aliphatic rings. The van der Waals surface area contributed by atoms with Gasteiger partial charge in [0.15, 0.2) is 0 Å². The third kappa shape index (κ3) is 11.7. The molecular formula is CBF3IK. The first kappa shape index (κ1) is 12.0. The molecule has 0 aromatic heterocycles. The summed E-state index contributed by atoms with van der Waals surface area (Å²) in [5, 5.41) is 0. The molecule has 0 aromatic carbocycles. The fraction of sp³-hybridized carbons (Fsp3) is 1.00. The van der Waals surface area contributed by atoms with Crippen LogP contribution in [0.5, 0.6) is 0 Å². The molecule has 6 heteroatoms. The van der Waals surface area contributed by atoms with Crippen LogP contribution in [0.1, 0.15) is 0 Å². The van der Waals surface area contributed by atoms with Crippen LogP contribution in [0.15, 0.2) is 0 Å². The topological polar surface area (TPSA) is 0 Å². The van der Waals surface area contributed by atoms with Crippen LogP contribution in [-0.4, -0.2) is 11.4 Å². The summed E-state index contributed by atoms with van der Waals surface area (Å²) in [7, 11) is -0.659. The van der Waals surface area contributed by atoms with Crippen molar-refractivity contribution in [2.75, 3.05) is 0 Å². The Kier molecular flexibility index (Phi) is 8.61. The third-order valence-electron chi connectivity index (χ3n) is 0.124. The van der Waals surface area contributed by atoms with E-state index < -0.39 is 11.4 Å². The minimum atomic E-state index is -3.28. The molecule has 0 N–H and O–H groups in total. The Labute approximate surface area is 96.5 Å². The summed E-state index contributed by atoms with van der Waals surface area (Å²) in [5.41, 5.74) is 0. The Bertz CT molecular complexity index is 44.7. The molecule has 0 atom stereocenters. The van der Waals surface area contributed by atoms with E-state index in [9.17, 15) is 13.1 Å². The maximum atomic E-state index is 11.0. The number of hydrogen-bond acceptors (Lipinski definition) is 0. The molecule has 0 rings (SSSR count). The second-order valence-corrected chi connectivity index (χ2v) is 2.09. The van der Waals surface area contributed by atoms with E-state index in [0.29, 0.717) is 22.6 Å². The zero-order chi connectivity index (χ0) is 5.21. The Morgan fingerprint density at radius 1 is 1.43 bits per heavy atom. The molecule has 0 saturated carbocycles. The van der Waals surface area contributed by atoms with Gasteiger partial charge < -0.3 is 4.32 Å². The Morgan fingerprint density at radius 3 is 1.57 bits per heavy atom. The molecule has 0 spiro atoms. The van der Waals surface area contributed by atoms with Gasteiger partial charge >= 0.3 is 51.4 Å². The van der Waals surface area contributed by atoms with E-state index in [0.717, 1.165) is 0 Å². The Morgan fingerprint density at radius 2 is 1.57 bits per heavy atom. The standard InChI is InChI=1S/CBF3I.K/c3-1(4,6)2-5;/q-1;+1. The molecule has 0 unspecified atom stereocenters. The van der Waals surface area contributed by atoms with Crippen molar-refractivity contribution in [3.63, 3.8) is 0 Å². The van der Waals surface area contributed by atoms with Gasteiger partial charge in [-0.2, -0.15) is 0 Å². The quantitative estimate of drug-likeness (QED) is 0.302. The number of hydrogen-bond donors (Lipinski definition) is 0. The second kappa shape index (κ2) is 5.04. The summed E-state index contributed by atoms with van der Waals surface area (Å²) in [6.07, 6.45) is 0. The van der Waals surface area contributed by atoms with Crippen molar-refractivity contribution in [3.05, 3.63) is 0 Å². The Hall–Kier alpha value is 2.22. The first-order valence-corrected chi connectivity index (χ1v) is 2.15. The van der Waals surface area contributed by atoms with E-state index in [1.165, 1.54) is 0 Å². The normalized spacial score (nSPS) is 10.3. The van der Waals surface area contributed by atoms with Gasteiger partial charge in [0.1, 0.15) is 3.83 Å². The van der Waals surface area contributed by atoms with Gasteiger partial charge in [0, 0.05) is 0 Å². The molecular weight excluding hydrogens is 246 g/mol. The summed E-state index contributed by atoms with van der Waals surface area (Å²) < 4.78 is 29.4. The van der Waals surface area contributed by atoms with Crippen LogP contribution in [0.2, 0.25) is 0 Å². The van der Waals surface area contributed by atoms with Crippen LogP contribution in [0.3, 0.4) is 0 Å². The molecule has 0 aliphatic heterocycles. The van der Waals surface area contributed by atoms with Crippen LogP contribution in [0.25, 0.3) is 0 Å². The fourth-order valence-electron chi connectivity index (χ4n) is 0. The number of halogens is 4. The van der Waals surface area contributed by atoms with Gasteiger partial charge in [-0.15, -0.1) is 0 Å². The minimum absolute atomic E-state index is 0. The van der Waals surface area contributed by atoms with Crippen molar-refractivity contribution in [1.82, 2.24) is 0 Å².